The van der Waals surface area contributed by atoms with Crippen LogP contribution in [-0.2, 0) is 17.9 Å². The number of aromatic nitrogens is 4. The molecule has 0 fully saturated rings. The van der Waals surface area contributed by atoms with Gasteiger partial charge in [0, 0.05) is 31.7 Å². The number of thioether (sulfide) groups is 1. The van der Waals surface area contributed by atoms with E-state index >= 15 is 0 Å². The SMILES string of the molecule is Cc1cn(CCCn2cccn2)c(SCC(=O)O)n1. The van der Waals surface area contributed by atoms with Gasteiger partial charge in [-0.15, -0.1) is 0 Å². The Balaban J connectivity index is 1.89. The van der Waals surface area contributed by atoms with Gasteiger partial charge in [0.15, 0.2) is 5.16 Å². The summed E-state index contributed by atoms with van der Waals surface area (Å²) in [6.45, 7) is 3.56. The summed E-state index contributed by atoms with van der Waals surface area (Å²) in [5.41, 5.74) is 0.909. The number of nitrogens with zero attached hydrogens (tertiary/aromatic N) is 4. The number of aliphatic carboxylic acids is 1. The van der Waals surface area contributed by atoms with Crippen LogP contribution in [0.2, 0.25) is 0 Å². The molecule has 0 bridgehead atoms. The van der Waals surface area contributed by atoms with Crippen LogP contribution in [0.4, 0.5) is 0 Å². The zero-order chi connectivity index (χ0) is 13.7. The fourth-order valence-corrected chi connectivity index (χ4v) is 2.53. The Bertz CT molecular complexity index is 536. The molecule has 0 amide bonds. The molecule has 0 aliphatic carbocycles. The van der Waals surface area contributed by atoms with Crippen molar-refractivity contribution < 1.29 is 9.90 Å². The summed E-state index contributed by atoms with van der Waals surface area (Å²) in [4.78, 5) is 14.9. The van der Waals surface area contributed by atoms with Gasteiger partial charge in [0.2, 0.25) is 0 Å². The van der Waals surface area contributed by atoms with E-state index in [2.05, 4.69) is 10.1 Å². The molecule has 0 spiro atoms. The summed E-state index contributed by atoms with van der Waals surface area (Å²) in [5.74, 6) is -0.788. The van der Waals surface area contributed by atoms with Gasteiger partial charge in [-0.1, -0.05) is 11.8 Å². The van der Waals surface area contributed by atoms with Gasteiger partial charge < -0.3 is 9.67 Å². The molecule has 2 heterocycles. The minimum Gasteiger partial charge on any atom is -0.481 e. The standard InChI is InChI=1S/C12H16N4O2S/c1-10-8-15(12(14-10)19-9-11(17)18)5-3-7-16-6-2-4-13-16/h2,4,6,8H,3,5,7,9H2,1H3,(H,17,18). The summed E-state index contributed by atoms with van der Waals surface area (Å²) >= 11 is 1.25. The molecule has 1 N–H and O–H groups in total. The van der Waals surface area contributed by atoms with E-state index in [-0.39, 0.29) is 5.75 Å². The van der Waals surface area contributed by atoms with Crippen molar-refractivity contribution in [1.82, 2.24) is 19.3 Å². The molecule has 6 nitrogen and oxygen atoms in total. The topological polar surface area (TPSA) is 72.9 Å². The van der Waals surface area contributed by atoms with Crippen molar-refractivity contribution >= 4 is 17.7 Å². The molecular weight excluding hydrogens is 264 g/mol. The zero-order valence-electron chi connectivity index (χ0n) is 10.7. The van der Waals surface area contributed by atoms with Crippen molar-refractivity contribution in [2.75, 3.05) is 5.75 Å². The summed E-state index contributed by atoms with van der Waals surface area (Å²) in [5, 5.41) is 13.6. The number of carboxylic acids is 1. The van der Waals surface area contributed by atoms with E-state index in [1.54, 1.807) is 6.20 Å². The van der Waals surface area contributed by atoms with E-state index < -0.39 is 5.97 Å². The largest absolute Gasteiger partial charge is 0.481 e. The monoisotopic (exact) mass is 280 g/mol. The lowest BCUT2D eigenvalue weighted by molar-refractivity contribution is -0.133. The predicted molar refractivity (Wildman–Crippen MR) is 72.2 cm³/mol. The number of carbonyl (C=O) groups is 1. The average molecular weight is 280 g/mol. The van der Waals surface area contributed by atoms with Crippen LogP contribution in [0, 0.1) is 6.92 Å². The highest BCUT2D eigenvalue weighted by atomic mass is 32.2. The highest BCUT2D eigenvalue weighted by Gasteiger charge is 2.08. The quantitative estimate of drug-likeness (QED) is 0.781. The molecule has 0 aromatic carbocycles. The molecular formula is C12H16N4O2S. The fourth-order valence-electron chi connectivity index (χ4n) is 1.76. The second-order valence-corrected chi connectivity index (χ2v) is 5.11. The first-order valence-electron chi connectivity index (χ1n) is 6.01. The Hall–Kier alpha value is -1.76. The van der Waals surface area contributed by atoms with Crippen LogP contribution in [0.1, 0.15) is 12.1 Å². The Kier molecular flexibility index (Phi) is 4.62. The average Bonchev–Trinajstić information content (AvgIpc) is 2.97. The summed E-state index contributed by atoms with van der Waals surface area (Å²) in [6.07, 6.45) is 6.57. The molecule has 2 rings (SSSR count). The van der Waals surface area contributed by atoms with E-state index in [4.69, 9.17) is 5.11 Å². The van der Waals surface area contributed by atoms with Crippen molar-refractivity contribution in [3.05, 3.63) is 30.4 Å². The van der Waals surface area contributed by atoms with Gasteiger partial charge >= 0.3 is 5.97 Å². The van der Waals surface area contributed by atoms with Gasteiger partial charge in [0.05, 0.1) is 11.4 Å². The molecule has 19 heavy (non-hydrogen) atoms. The molecule has 0 saturated heterocycles. The van der Waals surface area contributed by atoms with Crippen molar-refractivity contribution in [3.63, 3.8) is 0 Å². The van der Waals surface area contributed by atoms with E-state index in [0.29, 0.717) is 0 Å². The summed E-state index contributed by atoms with van der Waals surface area (Å²) < 4.78 is 3.89. The van der Waals surface area contributed by atoms with Crippen LogP contribution in [0.25, 0.3) is 0 Å². The number of imidazole rings is 1. The fraction of sp³-hybridized carbons (Fsp3) is 0.417. The number of aryl methyl sites for hydroxylation is 3. The minimum absolute atomic E-state index is 0.0373. The van der Waals surface area contributed by atoms with E-state index in [9.17, 15) is 4.79 Å². The first-order valence-corrected chi connectivity index (χ1v) is 6.99. The number of hydrogen-bond acceptors (Lipinski definition) is 4. The Morgan fingerprint density at radius 1 is 1.47 bits per heavy atom. The van der Waals surface area contributed by atoms with E-state index in [0.717, 1.165) is 30.4 Å². The maximum Gasteiger partial charge on any atom is 0.313 e. The Morgan fingerprint density at radius 2 is 2.32 bits per heavy atom. The molecule has 2 aromatic rings. The van der Waals surface area contributed by atoms with Gasteiger partial charge in [-0.2, -0.15) is 5.10 Å². The molecule has 0 atom stereocenters. The predicted octanol–water partition coefficient (Wildman–Crippen LogP) is 1.66. The van der Waals surface area contributed by atoms with Crippen LogP contribution in [0.5, 0.6) is 0 Å². The Labute approximate surface area is 115 Å². The molecule has 7 heteroatoms. The van der Waals surface area contributed by atoms with Gasteiger partial charge in [0.25, 0.3) is 0 Å². The van der Waals surface area contributed by atoms with Crippen LogP contribution in [0.3, 0.4) is 0 Å². The lowest BCUT2D eigenvalue weighted by Crippen LogP contribution is -2.06. The smallest absolute Gasteiger partial charge is 0.313 e. The normalized spacial score (nSPS) is 10.8. The third kappa shape index (κ3) is 4.13. The lowest BCUT2D eigenvalue weighted by Gasteiger charge is -2.06. The number of carboxylic acid groups (broad SMARTS) is 1. The highest BCUT2D eigenvalue weighted by Crippen LogP contribution is 2.17. The van der Waals surface area contributed by atoms with Gasteiger partial charge in [-0.25, -0.2) is 4.98 Å². The van der Waals surface area contributed by atoms with Gasteiger partial charge in [0.1, 0.15) is 0 Å². The van der Waals surface area contributed by atoms with Crippen molar-refractivity contribution in [2.45, 2.75) is 31.6 Å². The van der Waals surface area contributed by atoms with Crippen LogP contribution >= 0.6 is 11.8 Å². The van der Waals surface area contributed by atoms with Gasteiger partial charge in [-0.3, -0.25) is 9.48 Å². The zero-order valence-corrected chi connectivity index (χ0v) is 11.5. The first kappa shape index (κ1) is 13.7. The molecule has 0 saturated carbocycles. The van der Waals surface area contributed by atoms with Crippen molar-refractivity contribution in [1.29, 1.82) is 0 Å². The molecule has 2 aromatic heterocycles. The second-order valence-electron chi connectivity index (χ2n) is 4.16. The first-order chi connectivity index (χ1) is 9.15. The minimum atomic E-state index is -0.825. The third-order valence-corrected chi connectivity index (χ3v) is 3.51. The second kappa shape index (κ2) is 6.42. The third-order valence-electron chi connectivity index (χ3n) is 2.53. The van der Waals surface area contributed by atoms with E-state index in [1.165, 1.54) is 11.8 Å². The van der Waals surface area contributed by atoms with Crippen LogP contribution in [-0.4, -0.2) is 36.2 Å². The lowest BCUT2D eigenvalue weighted by atomic mass is 10.4. The van der Waals surface area contributed by atoms with E-state index in [1.807, 2.05) is 34.6 Å². The number of rotatable bonds is 7. The Morgan fingerprint density at radius 3 is 3.00 bits per heavy atom. The van der Waals surface area contributed by atoms with Crippen LogP contribution in [0.15, 0.2) is 29.8 Å². The van der Waals surface area contributed by atoms with Crippen LogP contribution < -0.4 is 0 Å². The molecule has 0 aliphatic rings. The summed E-state index contributed by atoms with van der Waals surface area (Å²) in [7, 11) is 0. The molecule has 0 aliphatic heterocycles. The number of hydrogen-bond donors (Lipinski definition) is 1. The van der Waals surface area contributed by atoms with Gasteiger partial charge in [-0.05, 0) is 19.4 Å². The molecule has 102 valence electrons. The molecule has 0 radical (unpaired) electrons. The molecule has 0 unspecified atom stereocenters. The van der Waals surface area contributed by atoms with Crippen molar-refractivity contribution in [2.24, 2.45) is 0 Å². The van der Waals surface area contributed by atoms with Crippen molar-refractivity contribution in [3.8, 4) is 0 Å². The summed E-state index contributed by atoms with van der Waals surface area (Å²) in [6, 6.07) is 1.90. The maximum absolute atomic E-state index is 10.6. The highest BCUT2D eigenvalue weighted by molar-refractivity contribution is 7.99. The maximum atomic E-state index is 10.6.